The summed E-state index contributed by atoms with van der Waals surface area (Å²) in [6.07, 6.45) is 2.56. The van der Waals surface area contributed by atoms with Gasteiger partial charge in [0.05, 0.1) is 17.8 Å². The average molecular weight is 273 g/mol. The van der Waals surface area contributed by atoms with Crippen LogP contribution in [0.5, 0.6) is 0 Å². The van der Waals surface area contributed by atoms with Gasteiger partial charge in [0.2, 0.25) is 0 Å². The van der Waals surface area contributed by atoms with E-state index in [1.54, 1.807) is 0 Å². The van der Waals surface area contributed by atoms with Crippen LogP contribution in [0.15, 0.2) is 24.3 Å². The lowest BCUT2D eigenvalue weighted by molar-refractivity contribution is 0.0902. The summed E-state index contributed by atoms with van der Waals surface area (Å²) in [4.78, 5) is 15.1. The number of H-pyrrole nitrogens is 1. The molecule has 0 atom stereocenters. The van der Waals surface area contributed by atoms with Crippen LogP contribution in [0.2, 0.25) is 0 Å². The van der Waals surface area contributed by atoms with E-state index in [0.717, 1.165) is 23.4 Å². The van der Waals surface area contributed by atoms with Gasteiger partial charge in [0.15, 0.2) is 0 Å². The Hall–Kier alpha value is -2.01. The number of para-hydroxylation sites is 1. The maximum atomic E-state index is 12.0. The van der Waals surface area contributed by atoms with Crippen molar-refractivity contribution < 1.29 is 9.53 Å². The zero-order chi connectivity index (χ0) is 13.9. The maximum absolute atomic E-state index is 12.0. The molecule has 0 spiro atoms. The van der Waals surface area contributed by atoms with Crippen LogP contribution in [-0.2, 0) is 4.74 Å². The van der Waals surface area contributed by atoms with Gasteiger partial charge in [-0.2, -0.15) is 0 Å². The number of nitrogens with one attached hydrogen (secondary N) is 2. The fourth-order valence-corrected chi connectivity index (χ4v) is 2.17. The average Bonchev–Trinajstić information content (AvgIpc) is 3.15. The summed E-state index contributed by atoms with van der Waals surface area (Å²) in [6.45, 7) is 1.90. The third-order valence-electron chi connectivity index (χ3n) is 3.52. The molecule has 3 rings (SSSR count). The molecular weight excluding hydrogens is 254 g/mol. The number of carbonyl (C=O) groups is 1. The van der Waals surface area contributed by atoms with Crippen molar-refractivity contribution in [3.63, 3.8) is 0 Å². The van der Waals surface area contributed by atoms with Gasteiger partial charge < -0.3 is 20.8 Å². The topological polar surface area (TPSA) is 80.1 Å². The van der Waals surface area contributed by atoms with Crippen LogP contribution >= 0.6 is 0 Å². The number of carbonyl (C=O) groups excluding carboxylic acids is 1. The highest BCUT2D eigenvalue weighted by atomic mass is 16.5. The van der Waals surface area contributed by atoms with Crippen LogP contribution in [0, 0.1) is 5.92 Å². The number of fused-ring (bicyclic) bond motifs is 1. The van der Waals surface area contributed by atoms with Crippen LogP contribution in [0.4, 0.5) is 5.69 Å². The Bertz CT molecular complexity index is 617. The van der Waals surface area contributed by atoms with Crippen LogP contribution < -0.4 is 11.1 Å². The Morgan fingerprint density at radius 3 is 3.05 bits per heavy atom. The van der Waals surface area contributed by atoms with Crippen molar-refractivity contribution in [1.29, 1.82) is 0 Å². The summed E-state index contributed by atoms with van der Waals surface area (Å²) < 4.78 is 5.48. The monoisotopic (exact) mass is 273 g/mol. The number of anilines is 1. The molecule has 5 heteroatoms. The standard InChI is InChI=1S/C15H19N3O2/c16-12-3-1-2-11-8-13(18-14(11)12)15(19)17-6-7-20-9-10-4-5-10/h1-3,8,10,18H,4-7,9,16H2,(H,17,19). The molecule has 1 aliphatic rings. The Morgan fingerprint density at radius 1 is 1.45 bits per heavy atom. The maximum Gasteiger partial charge on any atom is 0.267 e. The minimum absolute atomic E-state index is 0.129. The van der Waals surface area contributed by atoms with Crippen molar-refractivity contribution >= 4 is 22.5 Å². The second-order valence-corrected chi connectivity index (χ2v) is 5.27. The van der Waals surface area contributed by atoms with E-state index in [9.17, 15) is 4.79 Å². The first-order chi connectivity index (χ1) is 9.74. The zero-order valence-corrected chi connectivity index (χ0v) is 11.3. The Labute approximate surface area is 117 Å². The first-order valence-electron chi connectivity index (χ1n) is 6.97. The van der Waals surface area contributed by atoms with Crippen molar-refractivity contribution in [2.45, 2.75) is 12.8 Å². The molecule has 1 aliphatic carbocycles. The van der Waals surface area contributed by atoms with Crippen LogP contribution in [0.1, 0.15) is 23.3 Å². The van der Waals surface area contributed by atoms with Crippen LogP contribution in [0.25, 0.3) is 10.9 Å². The molecule has 2 aromatic rings. The minimum atomic E-state index is -0.129. The van der Waals surface area contributed by atoms with Gasteiger partial charge in [-0.15, -0.1) is 0 Å². The summed E-state index contributed by atoms with van der Waals surface area (Å²) in [5, 5.41) is 3.78. The quantitative estimate of drug-likeness (QED) is 0.555. The molecule has 106 valence electrons. The first kappa shape index (κ1) is 13.0. The second kappa shape index (κ2) is 5.54. The lowest BCUT2D eigenvalue weighted by Gasteiger charge is -2.04. The van der Waals surface area contributed by atoms with Gasteiger partial charge in [0.25, 0.3) is 5.91 Å². The highest BCUT2D eigenvalue weighted by molar-refractivity contribution is 6.00. The number of hydrogen-bond donors (Lipinski definition) is 3. The molecule has 1 aromatic heterocycles. The Balaban J connectivity index is 1.53. The van der Waals surface area contributed by atoms with E-state index >= 15 is 0 Å². The Kier molecular flexibility index (Phi) is 3.60. The number of aromatic nitrogens is 1. The van der Waals surface area contributed by atoms with E-state index < -0.39 is 0 Å². The predicted molar refractivity (Wildman–Crippen MR) is 78.6 cm³/mol. The fourth-order valence-electron chi connectivity index (χ4n) is 2.17. The van der Waals surface area contributed by atoms with Gasteiger partial charge in [-0.1, -0.05) is 12.1 Å². The molecule has 20 heavy (non-hydrogen) atoms. The molecule has 1 aromatic carbocycles. The van der Waals surface area contributed by atoms with Crippen molar-refractivity contribution in [2.75, 3.05) is 25.5 Å². The summed E-state index contributed by atoms with van der Waals surface area (Å²) >= 11 is 0. The smallest absolute Gasteiger partial charge is 0.267 e. The van der Waals surface area contributed by atoms with E-state index in [-0.39, 0.29) is 5.91 Å². The van der Waals surface area contributed by atoms with Gasteiger partial charge in [-0.25, -0.2) is 0 Å². The molecule has 4 N–H and O–H groups in total. The molecule has 0 bridgehead atoms. The number of nitrogen functional groups attached to an aromatic ring is 1. The molecular formula is C15H19N3O2. The van der Waals surface area contributed by atoms with Gasteiger partial charge in [-0.3, -0.25) is 4.79 Å². The number of rotatable bonds is 6. The predicted octanol–water partition coefficient (Wildman–Crippen LogP) is 1.91. The highest BCUT2D eigenvalue weighted by Crippen LogP contribution is 2.28. The first-order valence-corrected chi connectivity index (χ1v) is 6.97. The number of nitrogens with two attached hydrogens (primary N) is 1. The van der Waals surface area contributed by atoms with E-state index in [0.29, 0.717) is 24.5 Å². The normalized spacial score (nSPS) is 14.6. The summed E-state index contributed by atoms with van der Waals surface area (Å²) in [6, 6.07) is 7.43. The van der Waals surface area contributed by atoms with Gasteiger partial charge >= 0.3 is 0 Å². The minimum Gasteiger partial charge on any atom is -0.397 e. The Morgan fingerprint density at radius 2 is 2.30 bits per heavy atom. The van der Waals surface area contributed by atoms with Gasteiger partial charge in [0.1, 0.15) is 5.69 Å². The molecule has 0 radical (unpaired) electrons. The molecule has 0 unspecified atom stereocenters. The van der Waals surface area contributed by atoms with Crippen molar-refractivity contribution in [3.05, 3.63) is 30.0 Å². The summed E-state index contributed by atoms with van der Waals surface area (Å²) in [5.74, 6) is 0.623. The highest BCUT2D eigenvalue weighted by Gasteiger charge is 2.20. The lowest BCUT2D eigenvalue weighted by Crippen LogP contribution is -2.27. The third-order valence-corrected chi connectivity index (χ3v) is 3.52. The van der Waals surface area contributed by atoms with Crippen molar-refractivity contribution in [1.82, 2.24) is 10.3 Å². The van der Waals surface area contributed by atoms with E-state index in [1.165, 1.54) is 12.8 Å². The molecule has 1 fully saturated rings. The third kappa shape index (κ3) is 2.93. The number of aromatic amines is 1. The molecule has 1 saturated carbocycles. The second-order valence-electron chi connectivity index (χ2n) is 5.27. The molecule has 0 aliphatic heterocycles. The van der Waals surface area contributed by atoms with E-state index in [2.05, 4.69) is 10.3 Å². The number of hydrogen-bond acceptors (Lipinski definition) is 3. The lowest BCUT2D eigenvalue weighted by atomic mass is 10.2. The zero-order valence-electron chi connectivity index (χ0n) is 11.3. The molecule has 5 nitrogen and oxygen atoms in total. The largest absolute Gasteiger partial charge is 0.397 e. The van der Waals surface area contributed by atoms with Gasteiger partial charge in [0, 0.05) is 18.5 Å². The SMILES string of the molecule is Nc1cccc2cc(C(=O)NCCOCC3CC3)[nH]c12. The van der Waals surface area contributed by atoms with E-state index in [1.807, 2.05) is 24.3 Å². The van der Waals surface area contributed by atoms with Crippen LogP contribution in [0.3, 0.4) is 0 Å². The van der Waals surface area contributed by atoms with Crippen molar-refractivity contribution in [2.24, 2.45) is 5.92 Å². The van der Waals surface area contributed by atoms with Gasteiger partial charge in [-0.05, 0) is 30.9 Å². The van der Waals surface area contributed by atoms with E-state index in [4.69, 9.17) is 10.5 Å². The molecule has 1 amide bonds. The number of amides is 1. The number of ether oxygens (including phenoxy) is 1. The summed E-state index contributed by atoms with van der Waals surface area (Å²) in [5.41, 5.74) is 7.84. The number of benzene rings is 1. The fraction of sp³-hybridized carbons (Fsp3) is 0.400. The van der Waals surface area contributed by atoms with Crippen molar-refractivity contribution in [3.8, 4) is 0 Å². The van der Waals surface area contributed by atoms with Crippen LogP contribution in [-0.4, -0.2) is 30.6 Å². The molecule has 1 heterocycles. The molecule has 0 saturated heterocycles. The summed E-state index contributed by atoms with van der Waals surface area (Å²) in [7, 11) is 0.